The first-order valence-corrected chi connectivity index (χ1v) is 9.40. The van der Waals surface area contributed by atoms with Crippen LogP contribution in [-0.2, 0) is 9.47 Å². The Balaban J connectivity index is 2.06. The highest BCUT2D eigenvalue weighted by Gasteiger charge is 2.25. The lowest BCUT2D eigenvalue weighted by molar-refractivity contribution is 0.0124. The molecule has 1 aromatic rings. The zero-order valence-electron chi connectivity index (χ0n) is 16.8. The van der Waals surface area contributed by atoms with E-state index in [9.17, 15) is 0 Å². The number of nitrogens with one attached hydrogen (secondary N) is 2. The van der Waals surface area contributed by atoms with E-state index in [0.29, 0.717) is 13.1 Å². The Hall–Kier alpha value is -1.57. The summed E-state index contributed by atoms with van der Waals surface area (Å²) in [5, 5.41) is 6.77. The molecule has 148 valence electrons. The first-order valence-electron chi connectivity index (χ1n) is 9.40. The molecule has 1 aliphatic heterocycles. The summed E-state index contributed by atoms with van der Waals surface area (Å²) in [6.07, 6.45) is 0. The van der Waals surface area contributed by atoms with Gasteiger partial charge in [-0.25, -0.2) is 0 Å². The van der Waals surface area contributed by atoms with Gasteiger partial charge in [-0.3, -0.25) is 9.89 Å². The molecule has 0 bridgehead atoms. The Morgan fingerprint density at radius 3 is 2.62 bits per heavy atom. The van der Waals surface area contributed by atoms with Crippen molar-refractivity contribution in [2.75, 3.05) is 53.0 Å². The summed E-state index contributed by atoms with van der Waals surface area (Å²) in [7, 11) is 1.71. The molecule has 7 nitrogen and oxygen atoms in total. The van der Waals surface area contributed by atoms with Crippen molar-refractivity contribution in [3.63, 3.8) is 0 Å². The van der Waals surface area contributed by atoms with Crippen LogP contribution in [0.4, 0.5) is 0 Å². The average molecular weight is 367 g/mol. The molecule has 0 amide bonds. The fraction of sp³-hybridized carbons (Fsp3) is 0.737. The molecule has 2 rings (SSSR count). The third-order valence-electron chi connectivity index (χ3n) is 4.55. The zero-order chi connectivity index (χ0) is 19.0. The van der Waals surface area contributed by atoms with Crippen molar-refractivity contribution in [2.24, 2.45) is 4.99 Å². The quantitative estimate of drug-likeness (QED) is 0.541. The molecule has 1 fully saturated rings. The number of aliphatic imine (C=N–C) groups is 1. The Morgan fingerprint density at radius 2 is 2.04 bits per heavy atom. The molecule has 0 spiro atoms. The molecule has 0 aliphatic carbocycles. The molecule has 0 aromatic carbocycles. The number of hydrogen-bond acceptors (Lipinski definition) is 5. The van der Waals surface area contributed by atoms with Crippen molar-refractivity contribution >= 4 is 5.96 Å². The normalized spacial score (nSPS) is 18.0. The standard InChI is InChI=1S/C19H34N4O3/c1-6-20-18(22-14-19(3,4)24-5)21-13-16(17-8-7-15(2)26-17)23-9-11-25-12-10-23/h7-8,16H,6,9-14H2,1-5H3,(H2,20,21,22). The third-order valence-corrected chi connectivity index (χ3v) is 4.55. The predicted molar refractivity (Wildman–Crippen MR) is 104 cm³/mol. The van der Waals surface area contributed by atoms with Crippen molar-refractivity contribution in [3.8, 4) is 0 Å². The maximum Gasteiger partial charge on any atom is 0.191 e. The van der Waals surface area contributed by atoms with E-state index in [0.717, 1.165) is 50.3 Å². The van der Waals surface area contributed by atoms with Crippen molar-refractivity contribution in [2.45, 2.75) is 39.3 Å². The smallest absolute Gasteiger partial charge is 0.191 e. The van der Waals surface area contributed by atoms with E-state index in [2.05, 4.69) is 33.5 Å². The number of rotatable bonds is 8. The number of nitrogens with zero attached hydrogens (tertiary/aromatic N) is 2. The van der Waals surface area contributed by atoms with Gasteiger partial charge in [-0.05, 0) is 39.8 Å². The van der Waals surface area contributed by atoms with E-state index >= 15 is 0 Å². The van der Waals surface area contributed by atoms with Crippen molar-refractivity contribution in [1.82, 2.24) is 15.5 Å². The predicted octanol–water partition coefficient (Wildman–Crippen LogP) is 1.94. The van der Waals surface area contributed by atoms with Gasteiger partial charge in [0.2, 0.25) is 0 Å². The zero-order valence-corrected chi connectivity index (χ0v) is 16.8. The van der Waals surface area contributed by atoms with Crippen LogP contribution in [0.5, 0.6) is 0 Å². The van der Waals surface area contributed by atoms with Gasteiger partial charge in [0.1, 0.15) is 11.5 Å². The van der Waals surface area contributed by atoms with Crippen LogP contribution < -0.4 is 10.6 Å². The molecular formula is C19H34N4O3. The van der Waals surface area contributed by atoms with E-state index < -0.39 is 0 Å². The van der Waals surface area contributed by atoms with Gasteiger partial charge in [0.05, 0.1) is 31.4 Å². The summed E-state index contributed by atoms with van der Waals surface area (Å²) in [6, 6.07) is 4.23. The highest BCUT2D eigenvalue weighted by atomic mass is 16.5. The molecule has 1 aromatic heterocycles. The van der Waals surface area contributed by atoms with Crippen LogP contribution in [0.2, 0.25) is 0 Å². The summed E-state index contributed by atoms with van der Waals surface area (Å²) >= 11 is 0. The highest BCUT2D eigenvalue weighted by molar-refractivity contribution is 5.79. The molecule has 1 aliphatic rings. The number of methoxy groups -OCH3 is 1. The van der Waals surface area contributed by atoms with E-state index in [-0.39, 0.29) is 11.6 Å². The molecule has 26 heavy (non-hydrogen) atoms. The minimum atomic E-state index is -0.288. The van der Waals surface area contributed by atoms with E-state index in [1.54, 1.807) is 7.11 Å². The number of furan rings is 1. The van der Waals surface area contributed by atoms with Gasteiger partial charge in [-0.15, -0.1) is 0 Å². The van der Waals surface area contributed by atoms with Crippen LogP contribution in [0, 0.1) is 6.92 Å². The molecule has 1 saturated heterocycles. The van der Waals surface area contributed by atoms with E-state index in [1.807, 2.05) is 26.8 Å². The van der Waals surface area contributed by atoms with Gasteiger partial charge >= 0.3 is 0 Å². The number of aryl methyl sites for hydroxylation is 1. The fourth-order valence-electron chi connectivity index (χ4n) is 2.80. The molecule has 0 radical (unpaired) electrons. The van der Waals surface area contributed by atoms with Crippen LogP contribution in [0.1, 0.15) is 38.3 Å². The molecule has 0 saturated carbocycles. The minimum Gasteiger partial charge on any atom is -0.465 e. The molecular weight excluding hydrogens is 332 g/mol. The molecule has 2 N–H and O–H groups in total. The van der Waals surface area contributed by atoms with Gasteiger partial charge in [0.25, 0.3) is 0 Å². The van der Waals surface area contributed by atoms with Crippen molar-refractivity contribution in [1.29, 1.82) is 0 Å². The van der Waals surface area contributed by atoms with E-state index in [1.165, 1.54) is 0 Å². The number of hydrogen-bond donors (Lipinski definition) is 2. The lowest BCUT2D eigenvalue weighted by Gasteiger charge is -2.33. The molecule has 2 heterocycles. The van der Waals surface area contributed by atoms with Gasteiger partial charge in [-0.1, -0.05) is 0 Å². The van der Waals surface area contributed by atoms with Gasteiger partial charge in [0.15, 0.2) is 5.96 Å². The topological polar surface area (TPSA) is 71.3 Å². The highest BCUT2D eigenvalue weighted by Crippen LogP contribution is 2.23. The van der Waals surface area contributed by atoms with Crippen LogP contribution in [0.25, 0.3) is 0 Å². The average Bonchev–Trinajstić information content (AvgIpc) is 3.07. The Bertz CT molecular complexity index is 565. The van der Waals surface area contributed by atoms with E-state index in [4.69, 9.17) is 13.9 Å². The summed E-state index contributed by atoms with van der Waals surface area (Å²) in [4.78, 5) is 7.07. The van der Waals surface area contributed by atoms with Crippen LogP contribution in [0.3, 0.4) is 0 Å². The monoisotopic (exact) mass is 366 g/mol. The molecule has 1 atom stereocenters. The second-order valence-electron chi connectivity index (χ2n) is 7.15. The third kappa shape index (κ3) is 6.30. The number of morpholine rings is 1. The van der Waals surface area contributed by atoms with Gasteiger partial charge < -0.3 is 24.5 Å². The largest absolute Gasteiger partial charge is 0.465 e. The Morgan fingerprint density at radius 1 is 1.31 bits per heavy atom. The lowest BCUT2D eigenvalue weighted by atomic mass is 10.1. The van der Waals surface area contributed by atoms with Crippen molar-refractivity contribution < 1.29 is 13.9 Å². The summed E-state index contributed by atoms with van der Waals surface area (Å²) in [5.74, 6) is 2.70. The Labute approximate surface area is 157 Å². The maximum absolute atomic E-state index is 5.92. The Kier molecular flexibility index (Phi) is 7.93. The first-order chi connectivity index (χ1) is 12.4. The van der Waals surface area contributed by atoms with Crippen LogP contribution >= 0.6 is 0 Å². The second kappa shape index (κ2) is 9.94. The SMILES string of the molecule is CCNC(=NCC(C)(C)OC)NCC(c1ccc(C)o1)N1CCOCC1. The summed E-state index contributed by atoms with van der Waals surface area (Å²) in [5.41, 5.74) is -0.288. The second-order valence-corrected chi connectivity index (χ2v) is 7.15. The molecule has 7 heteroatoms. The first kappa shape index (κ1) is 20.7. The summed E-state index contributed by atoms with van der Waals surface area (Å²) in [6.45, 7) is 13.5. The van der Waals surface area contributed by atoms with Crippen molar-refractivity contribution in [3.05, 3.63) is 23.7 Å². The minimum absolute atomic E-state index is 0.145. The lowest BCUT2D eigenvalue weighted by Crippen LogP contribution is -2.46. The van der Waals surface area contributed by atoms with Crippen LogP contribution in [-0.4, -0.2) is 69.5 Å². The van der Waals surface area contributed by atoms with Crippen LogP contribution in [0.15, 0.2) is 21.5 Å². The summed E-state index contributed by atoms with van der Waals surface area (Å²) < 4.78 is 16.9. The van der Waals surface area contributed by atoms with Gasteiger partial charge in [-0.2, -0.15) is 0 Å². The van der Waals surface area contributed by atoms with Gasteiger partial charge in [0, 0.05) is 33.3 Å². The molecule has 1 unspecified atom stereocenters. The maximum atomic E-state index is 5.92. The number of guanidine groups is 1. The fourth-order valence-corrected chi connectivity index (χ4v) is 2.80. The number of ether oxygens (including phenoxy) is 2.